The highest BCUT2D eigenvalue weighted by Crippen LogP contribution is 2.31. The van der Waals surface area contributed by atoms with Gasteiger partial charge < -0.3 is 4.98 Å². The Labute approximate surface area is 147 Å². The van der Waals surface area contributed by atoms with E-state index >= 15 is 0 Å². The molecule has 1 aliphatic heterocycles. The normalized spacial score (nSPS) is 19.5. The van der Waals surface area contributed by atoms with Gasteiger partial charge in [-0.2, -0.15) is 5.10 Å². The number of H-pyrrole nitrogens is 2. The summed E-state index contributed by atoms with van der Waals surface area (Å²) in [6, 6.07) is 8.31. The number of piperidine rings is 1. The van der Waals surface area contributed by atoms with Gasteiger partial charge in [-0.15, -0.1) is 0 Å². The number of sulfone groups is 1. The molecule has 132 valence electrons. The number of hydrogen-bond acceptors (Lipinski definition) is 4. The molecule has 0 radical (unpaired) electrons. The molecular weight excluding hydrogens is 336 g/mol. The van der Waals surface area contributed by atoms with Crippen molar-refractivity contribution < 1.29 is 8.42 Å². The molecule has 0 spiro atoms. The van der Waals surface area contributed by atoms with Crippen LogP contribution in [0.1, 0.15) is 30.0 Å². The first-order valence-electron chi connectivity index (χ1n) is 8.53. The van der Waals surface area contributed by atoms with Gasteiger partial charge in [0.15, 0.2) is 9.84 Å². The Morgan fingerprint density at radius 3 is 3.00 bits per heavy atom. The molecule has 0 unspecified atom stereocenters. The second-order valence-corrected chi connectivity index (χ2v) is 8.84. The first-order valence-corrected chi connectivity index (χ1v) is 10.4. The molecule has 1 fully saturated rings. The summed E-state index contributed by atoms with van der Waals surface area (Å²) in [5.74, 6) is 0.172. The fourth-order valence-electron chi connectivity index (χ4n) is 3.81. The van der Waals surface area contributed by atoms with Crippen molar-refractivity contribution in [1.29, 1.82) is 0 Å². The lowest BCUT2D eigenvalue weighted by Gasteiger charge is -2.32. The topological polar surface area (TPSA) is 81.8 Å². The second-order valence-electron chi connectivity index (χ2n) is 6.85. The molecule has 0 saturated carbocycles. The summed E-state index contributed by atoms with van der Waals surface area (Å²) in [5, 5.41) is 8.16. The van der Waals surface area contributed by atoms with Crippen LogP contribution in [0, 0.1) is 0 Å². The highest BCUT2D eigenvalue weighted by Gasteiger charge is 2.28. The summed E-state index contributed by atoms with van der Waals surface area (Å²) < 4.78 is 23.9. The number of benzene rings is 1. The summed E-state index contributed by atoms with van der Waals surface area (Å²) in [7, 11) is -3.25. The number of rotatable bonds is 4. The quantitative estimate of drug-likeness (QED) is 0.751. The lowest BCUT2D eigenvalue weighted by molar-refractivity contribution is 0.198. The Kier molecular flexibility index (Phi) is 4.13. The Balaban J connectivity index is 1.55. The first kappa shape index (κ1) is 16.4. The molecule has 2 N–H and O–H groups in total. The van der Waals surface area contributed by atoms with Gasteiger partial charge in [-0.25, -0.2) is 8.42 Å². The van der Waals surface area contributed by atoms with E-state index in [0.717, 1.165) is 43.7 Å². The molecule has 0 amide bonds. The number of nitrogens with one attached hydrogen (secondary N) is 2. The summed E-state index contributed by atoms with van der Waals surface area (Å²) in [5.41, 5.74) is 3.19. The Morgan fingerprint density at radius 1 is 1.32 bits per heavy atom. The third-order valence-electron chi connectivity index (χ3n) is 5.01. The van der Waals surface area contributed by atoms with Crippen LogP contribution in [0.25, 0.3) is 10.9 Å². The predicted octanol–water partition coefficient (Wildman–Crippen LogP) is 2.67. The molecule has 1 atom stereocenters. The molecule has 2 aromatic heterocycles. The van der Waals surface area contributed by atoms with Gasteiger partial charge in [0.25, 0.3) is 0 Å². The number of para-hydroxylation sites is 1. The number of hydrogen-bond donors (Lipinski definition) is 2. The zero-order chi connectivity index (χ0) is 17.4. The molecule has 6 nitrogen and oxygen atoms in total. The van der Waals surface area contributed by atoms with E-state index in [1.54, 1.807) is 0 Å². The van der Waals surface area contributed by atoms with Crippen LogP contribution in [-0.2, 0) is 16.4 Å². The average molecular weight is 358 g/mol. The van der Waals surface area contributed by atoms with Gasteiger partial charge in [0, 0.05) is 42.4 Å². The van der Waals surface area contributed by atoms with E-state index in [2.05, 4.69) is 44.5 Å². The molecule has 1 saturated heterocycles. The largest absolute Gasteiger partial charge is 0.361 e. The van der Waals surface area contributed by atoms with E-state index in [1.807, 2.05) is 6.07 Å². The van der Waals surface area contributed by atoms with Crippen molar-refractivity contribution in [1.82, 2.24) is 20.1 Å². The minimum absolute atomic E-state index is 0.172. The number of nitrogens with zero attached hydrogens (tertiary/aromatic N) is 2. The fourth-order valence-corrected chi connectivity index (χ4v) is 4.67. The third kappa shape index (κ3) is 3.21. The SMILES string of the molecule is CS(=O)(=O)c1cn[nH]c1[C@H]1CCCN(Cc2c[nH]c3ccccc23)C1. The van der Waals surface area contributed by atoms with E-state index in [0.29, 0.717) is 4.90 Å². The molecule has 7 heteroatoms. The lowest BCUT2D eigenvalue weighted by atomic mass is 9.94. The molecule has 25 heavy (non-hydrogen) atoms. The van der Waals surface area contributed by atoms with Crippen LogP contribution in [0.3, 0.4) is 0 Å². The molecule has 4 rings (SSSR count). The van der Waals surface area contributed by atoms with Crippen LogP contribution in [0.5, 0.6) is 0 Å². The lowest BCUT2D eigenvalue weighted by Crippen LogP contribution is -2.34. The Bertz CT molecular complexity index is 989. The van der Waals surface area contributed by atoms with Gasteiger partial charge in [0.1, 0.15) is 4.90 Å². The predicted molar refractivity (Wildman–Crippen MR) is 97.2 cm³/mol. The third-order valence-corrected chi connectivity index (χ3v) is 6.14. The van der Waals surface area contributed by atoms with Crippen molar-refractivity contribution in [3.63, 3.8) is 0 Å². The maximum Gasteiger partial charge on any atom is 0.178 e. The fraction of sp³-hybridized carbons (Fsp3) is 0.389. The molecule has 3 aromatic rings. The molecule has 0 bridgehead atoms. The van der Waals surface area contributed by atoms with Crippen molar-refractivity contribution in [2.75, 3.05) is 19.3 Å². The second kappa shape index (κ2) is 6.31. The van der Waals surface area contributed by atoms with Crippen molar-refractivity contribution in [2.45, 2.75) is 30.2 Å². The molecule has 1 aromatic carbocycles. The van der Waals surface area contributed by atoms with Crippen LogP contribution in [0.4, 0.5) is 0 Å². The van der Waals surface area contributed by atoms with Crippen molar-refractivity contribution in [2.24, 2.45) is 0 Å². The highest BCUT2D eigenvalue weighted by molar-refractivity contribution is 7.90. The van der Waals surface area contributed by atoms with E-state index in [9.17, 15) is 8.42 Å². The minimum atomic E-state index is -3.25. The van der Waals surface area contributed by atoms with Gasteiger partial charge >= 0.3 is 0 Å². The highest BCUT2D eigenvalue weighted by atomic mass is 32.2. The zero-order valence-electron chi connectivity index (χ0n) is 14.2. The van der Waals surface area contributed by atoms with Crippen LogP contribution < -0.4 is 0 Å². The summed E-state index contributed by atoms with van der Waals surface area (Å²) in [6.45, 7) is 2.73. The Hall–Kier alpha value is -2.12. The summed E-state index contributed by atoms with van der Waals surface area (Å²) >= 11 is 0. The van der Waals surface area contributed by atoms with Crippen LogP contribution >= 0.6 is 0 Å². The van der Waals surface area contributed by atoms with Gasteiger partial charge in [-0.3, -0.25) is 10.00 Å². The maximum absolute atomic E-state index is 12.0. The van der Waals surface area contributed by atoms with E-state index < -0.39 is 9.84 Å². The molecule has 0 aliphatic carbocycles. The average Bonchev–Trinajstić information content (AvgIpc) is 3.23. The van der Waals surface area contributed by atoms with Crippen molar-refractivity contribution >= 4 is 20.7 Å². The van der Waals surface area contributed by atoms with Gasteiger partial charge in [0.2, 0.25) is 0 Å². The monoisotopic (exact) mass is 358 g/mol. The number of fused-ring (bicyclic) bond motifs is 1. The molecule has 1 aliphatic rings. The first-order chi connectivity index (χ1) is 12.0. The number of likely N-dealkylation sites (tertiary alicyclic amines) is 1. The van der Waals surface area contributed by atoms with Crippen LogP contribution in [0.15, 0.2) is 41.6 Å². The number of aromatic nitrogens is 3. The van der Waals surface area contributed by atoms with Gasteiger partial charge in [-0.05, 0) is 31.0 Å². The number of aromatic amines is 2. The Morgan fingerprint density at radius 2 is 2.16 bits per heavy atom. The van der Waals surface area contributed by atoms with E-state index in [-0.39, 0.29) is 5.92 Å². The van der Waals surface area contributed by atoms with Crippen LogP contribution in [-0.4, -0.2) is 47.8 Å². The van der Waals surface area contributed by atoms with Crippen molar-refractivity contribution in [3.05, 3.63) is 47.9 Å². The zero-order valence-corrected chi connectivity index (χ0v) is 15.0. The van der Waals surface area contributed by atoms with E-state index in [1.165, 1.54) is 23.4 Å². The van der Waals surface area contributed by atoms with Crippen molar-refractivity contribution in [3.8, 4) is 0 Å². The van der Waals surface area contributed by atoms with Crippen LogP contribution in [0.2, 0.25) is 0 Å². The standard InChI is InChI=1S/C18H22N4O2S/c1-25(23,24)17-10-20-21-18(17)13-5-4-8-22(11-13)12-14-9-19-16-7-3-2-6-15(14)16/h2-3,6-7,9-10,13,19H,4-5,8,11-12H2,1H3,(H,20,21)/t13-/m0/s1. The molecule has 3 heterocycles. The smallest absolute Gasteiger partial charge is 0.178 e. The van der Waals surface area contributed by atoms with E-state index in [4.69, 9.17) is 0 Å². The maximum atomic E-state index is 12.0. The van der Waals surface area contributed by atoms with Gasteiger partial charge in [-0.1, -0.05) is 18.2 Å². The summed E-state index contributed by atoms with van der Waals surface area (Å²) in [4.78, 5) is 6.06. The summed E-state index contributed by atoms with van der Waals surface area (Å²) in [6.07, 6.45) is 6.79. The minimum Gasteiger partial charge on any atom is -0.361 e. The molecular formula is C18H22N4O2S. The van der Waals surface area contributed by atoms with Gasteiger partial charge in [0.05, 0.1) is 11.9 Å².